The van der Waals surface area contributed by atoms with E-state index in [0.717, 1.165) is 5.56 Å². The third-order valence-electron chi connectivity index (χ3n) is 2.76. The molecule has 1 heterocycles. The van der Waals surface area contributed by atoms with E-state index in [1.807, 2.05) is 18.2 Å². The monoisotopic (exact) mass is 232 g/mol. The quantitative estimate of drug-likeness (QED) is 0.574. The number of methoxy groups -OCH3 is 1. The molecule has 0 aliphatic carbocycles. The minimum Gasteiger partial charge on any atom is -0.468 e. The van der Waals surface area contributed by atoms with Crippen molar-refractivity contribution in [3.8, 4) is 0 Å². The Balaban J connectivity index is 2.36. The standard InChI is InChI=1S/C13H12O4/c1-8-10(13(15)16-2)11(17-12(8)14)9-6-4-3-5-7-9/h3-7,10-11H,1H2,2H3/t10-,11+/m1/s1. The predicted molar refractivity (Wildman–Crippen MR) is 59.9 cm³/mol. The number of benzene rings is 1. The van der Waals surface area contributed by atoms with Crippen LogP contribution in [0.5, 0.6) is 0 Å². The molecule has 17 heavy (non-hydrogen) atoms. The SMILES string of the molecule is C=C1C(=O)O[C@@H](c2ccccc2)[C@@H]1C(=O)OC. The van der Waals surface area contributed by atoms with Gasteiger partial charge in [0.15, 0.2) is 0 Å². The zero-order valence-electron chi connectivity index (χ0n) is 9.38. The van der Waals surface area contributed by atoms with Gasteiger partial charge in [-0.3, -0.25) is 4.79 Å². The van der Waals surface area contributed by atoms with Crippen molar-refractivity contribution < 1.29 is 19.1 Å². The van der Waals surface area contributed by atoms with Crippen LogP contribution >= 0.6 is 0 Å². The van der Waals surface area contributed by atoms with Crippen LogP contribution in [0.1, 0.15) is 11.7 Å². The first-order valence-corrected chi connectivity index (χ1v) is 5.17. The molecule has 2 rings (SSSR count). The van der Waals surface area contributed by atoms with Gasteiger partial charge in [-0.2, -0.15) is 0 Å². The molecule has 0 unspecified atom stereocenters. The summed E-state index contributed by atoms with van der Waals surface area (Å²) in [6.45, 7) is 3.59. The topological polar surface area (TPSA) is 52.6 Å². The second-order valence-corrected chi connectivity index (χ2v) is 3.76. The summed E-state index contributed by atoms with van der Waals surface area (Å²) >= 11 is 0. The highest BCUT2D eigenvalue weighted by Gasteiger charge is 2.44. The highest BCUT2D eigenvalue weighted by molar-refractivity contribution is 5.98. The molecule has 1 fully saturated rings. The van der Waals surface area contributed by atoms with Gasteiger partial charge in [0.1, 0.15) is 12.0 Å². The zero-order chi connectivity index (χ0) is 12.4. The van der Waals surface area contributed by atoms with Crippen LogP contribution in [0.15, 0.2) is 42.5 Å². The Labute approximate surface area is 98.8 Å². The normalized spacial score (nSPS) is 23.4. The molecule has 1 aliphatic rings. The number of carbonyl (C=O) groups excluding carboxylic acids is 2. The first-order chi connectivity index (χ1) is 8.15. The number of esters is 2. The minimum absolute atomic E-state index is 0.144. The van der Waals surface area contributed by atoms with Crippen molar-refractivity contribution in [1.82, 2.24) is 0 Å². The van der Waals surface area contributed by atoms with E-state index in [0.29, 0.717) is 0 Å². The van der Waals surface area contributed by atoms with E-state index < -0.39 is 24.0 Å². The van der Waals surface area contributed by atoms with E-state index in [1.165, 1.54) is 7.11 Å². The Morgan fingerprint density at radius 2 is 2.00 bits per heavy atom. The average Bonchev–Trinajstić information content (AvgIpc) is 2.66. The smallest absolute Gasteiger partial charge is 0.335 e. The summed E-state index contributed by atoms with van der Waals surface area (Å²) < 4.78 is 9.83. The molecule has 0 bridgehead atoms. The molecule has 1 saturated heterocycles. The molecule has 1 aromatic carbocycles. The van der Waals surface area contributed by atoms with Gasteiger partial charge in [0.05, 0.1) is 7.11 Å². The minimum atomic E-state index is -0.755. The molecule has 0 aromatic heterocycles. The number of cyclic esters (lactones) is 1. The van der Waals surface area contributed by atoms with Gasteiger partial charge in [-0.25, -0.2) is 4.79 Å². The molecule has 88 valence electrons. The maximum absolute atomic E-state index is 11.6. The largest absolute Gasteiger partial charge is 0.468 e. The van der Waals surface area contributed by atoms with Crippen molar-refractivity contribution in [2.45, 2.75) is 6.10 Å². The molecule has 0 saturated carbocycles. The van der Waals surface area contributed by atoms with Crippen LogP contribution in [-0.4, -0.2) is 19.0 Å². The van der Waals surface area contributed by atoms with Crippen molar-refractivity contribution >= 4 is 11.9 Å². The molecule has 4 nitrogen and oxygen atoms in total. The van der Waals surface area contributed by atoms with Gasteiger partial charge >= 0.3 is 11.9 Å². The van der Waals surface area contributed by atoms with Crippen molar-refractivity contribution in [3.63, 3.8) is 0 Å². The van der Waals surface area contributed by atoms with E-state index >= 15 is 0 Å². The number of hydrogen-bond acceptors (Lipinski definition) is 4. The molecular formula is C13H12O4. The first-order valence-electron chi connectivity index (χ1n) is 5.17. The van der Waals surface area contributed by atoms with Gasteiger partial charge in [-0.15, -0.1) is 0 Å². The fraction of sp³-hybridized carbons (Fsp3) is 0.231. The van der Waals surface area contributed by atoms with Crippen LogP contribution in [0.4, 0.5) is 0 Å². The van der Waals surface area contributed by atoms with Crippen molar-refractivity contribution in [2.75, 3.05) is 7.11 Å². The molecule has 0 spiro atoms. The lowest BCUT2D eigenvalue weighted by molar-refractivity contribution is -0.147. The van der Waals surface area contributed by atoms with Gasteiger partial charge in [0, 0.05) is 5.57 Å². The Morgan fingerprint density at radius 3 is 2.59 bits per heavy atom. The molecule has 0 N–H and O–H groups in total. The van der Waals surface area contributed by atoms with Crippen LogP contribution in [-0.2, 0) is 19.1 Å². The van der Waals surface area contributed by atoms with Gasteiger partial charge < -0.3 is 9.47 Å². The second-order valence-electron chi connectivity index (χ2n) is 3.76. The number of rotatable bonds is 2. The third-order valence-corrected chi connectivity index (χ3v) is 2.76. The van der Waals surface area contributed by atoms with Gasteiger partial charge in [-0.05, 0) is 5.56 Å². The van der Waals surface area contributed by atoms with E-state index in [2.05, 4.69) is 11.3 Å². The summed E-state index contributed by atoms with van der Waals surface area (Å²) in [6, 6.07) is 9.08. The fourth-order valence-electron chi connectivity index (χ4n) is 1.86. The Morgan fingerprint density at radius 1 is 1.35 bits per heavy atom. The van der Waals surface area contributed by atoms with E-state index in [-0.39, 0.29) is 5.57 Å². The predicted octanol–water partition coefficient (Wildman–Crippen LogP) is 1.63. The van der Waals surface area contributed by atoms with Crippen LogP contribution in [0, 0.1) is 5.92 Å². The van der Waals surface area contributed by atoms with Gasteiger partial charge in [0.2, 0.25) is 0 Å². The Hall–Kier alpha value is -2.10. The van der Waals surface area contributed by atoms with Gasteiger partial charge in [-0.1, -0.05) is 36.9 Å². The zero-order valence-corrected chi connectivity index (χ0v) is 9.38. The van der Waals surface area contributed by atoms with Crippen molar-refractivity contribution in [1.29, 1.82) is 0 Å². The molecule has 1 aliphatic heterocycles. The third kappa shape index (κ3) is 1.93. The summed E-state index contributed by atoms with van der Waals surface area (Å²) in [4.78, 5) is 23.1. The van der Waals surface area contributed by atoms with E-state index in [4.69, 9.17) is 4.74 Å². The average molecular weight is 232 g/mol. The van der Waals surface area contributed by atoms with Gasteiger partial charge in [0.25, 0.3) is 0 Å². The lowest BCUT2D eigenvalue weighted by atomic mass is 9.92. The molecule has 2 atom stereocenters. The molecule has 1 aromatic rings. The highest BCUT2D eigenvalue weighted by Crippen LogP contribution is 2.38. The number of carbonyl (C=O) groups is 2. The van der Waals surface area contributed by atoms with Crippen molar-refractivity contribution in [2.24, 2.45) is 5.92 Å². The van der Waals surface area contributed by atoms with Crippen LogP contribution in [0.25, 0.3) is 0 Å². The Bertz CT molecular complexity index is 464. The lowest BCUT2D eigenvalue weighted by Crippen LogP contribution is -2.20. The molecule has 0 amide bonds. The molecular weight excluding hydrogens is 220 g/mol. The van der Waals surface area contributed by atoms with Crippen LogP contribution < -0.4 is 0 Å². The highest BCUT2D eigenvalue weighted by atomic mass is 16.6. The maximum atomic E-state index is 11.6. The molecule has 4 heteroatoms. The lowest BCUT2D eigenvalue weighted by Gasteiger charge is -2.15. The second kappa shape index (κ2) is 4.41. The summed E-state index contributed by atoms with van der Waals surface area (Å²) in [6.07, 6.45) is -0.636. The fourth-order valence-corrected chi connectivity index (χ4v) is 1.86. The van der Waals surface area contributed by atoms with E-state index in [1.54, 1.807) is 12.1 Å². The Kier molecular flexibility index (Phi) is 2.95. The molecule has 0 radical (unpaired) electrons. The summed E-state index contributed by atoms with van der Waals surface area (Å²) in [5, 5.41) is 0. The number of hydrogen-bond donors (Lipinski definition) is 0. The van der Waals surface area contributed by atoms with Crippen LogP contribution in [0.3, 0.4) is 0 Å². The van der Waals surface area contributed by atoms with E-state index in [9.17, 15) is 9.59 Å². The first kappa shape index (κ1) is 11.4. The summed E-state index contributed by atoms with van der Waals surface area (Å²) in [5.74, 6) is -1.81. The number of ether oxygens (including phenoxy) is 2. The maximum Gasteiger partial charge on any atom is 0.335 e. The van der Waals surface area contributed by atoms with Crippen LogP contribution in [0.2, 0.25) is 0 Å². The summed E-state index contributed by atoms with van der Waals surface area (Å²) in [5.41, 5.74) is 0.903. The van der Waals surface area contributed by atoms with Crippen molar-refractivity contribution in [3.05, 3.63) is 48.0 Å². The summed E-state index contributed by atoms with van der Waals surface area (Å²) in [7, 11) is 1.28.